The van der Waals surface area contributed by atoms with Gasteiger partial charge in [0.2, 0.25) is 0 Å². The van der Waals surface area contributed by atoms with Crippen LogP contribution in [0, 0.1) is 5.92 Å². The average Bonchev–Trinajstić information content (AvgIpc) is 3.16. The Morgan fingerprint density at radius 1 is 1.38 bits per heavy atom. The number of hydrogen-bond donors (Lipinski definition) is 2. The molecule has 0 saturated heterocycles. The van der Waals surface area contributed by atoms with Crippen LogP contribution in [0.5, 0.6) is 0 Å². The van der Waals surface area contributed by atoms with Crippen LogP contribution < -0.4 is 5.32 Å². The minimum Gasteiger partial charge on any atom is -0.481 e. The molecule has 0 bridgehead atoms. The van der Waals surface area contributed by atoms with Gasteiger partial charge in [-0.15, -0.1) is 11.3 Å². The second-order valence-electron chi connectivity index (χ2n) is 4.87. The number of carbonyl (C=O) groups is 2. The Hall–Kier alpha value is -2.28. The zero-order valence-electron chi connectivity index (χ0n) is 11.0. The molecule has 1 saturated carbocycles. The molecule has 1 aliphatic rings. The van der Waals surface area contributed by atoms with Crippen LogP contribution in [0.1, 0.15) is 33.4 Å². The molecule has 0 radical (unpaired) electrons. The van der Waals surface area contributed by atoms with Crippen LogP contribution in [0.25, 0.3) is 0 Å². The van der Waals surface area contributed by atoms with E-state index >= 15 is 0 Å². The Labute approximate surface area is 124 Å². The third-order valence-electron chi connectivity index (χ3n) is 3.38. The van der Waals surface area contributed by atoms with Gasteiger partial charge in [0.05, 0.1) is 18.0 Å². The summed E-state index contributed by atoms with van der Waals surface area (Å²) in [5.41, 5.74) is 0.557. The van der Waals surface area contributed by atoms with E-state index in [0.717, 1.165) is 4.88 Å². The second-order valence-corrected chi connectivity index (χ2v) is 5.82. The van der Waals surface area contributed by atoms with Gasteiger partial charge in [0.15, 0.2) is 0 Å². The van der Waals surface area contributed by atoms with Crippen molar-refractivity contribution < 1.29 is 14.7 Å². The molecule has 2 aromatic heterocycles. The number of aromatic nitrogens is 2. The fourth-order valence-electron chi connectivity index (χ4n) is 2.13. The molecular formula is C14H13N3O3S. The van der Waals surface area contributed by atoms with Gasteiger partial charge in [-0.1, -0.05) is 0 Å². The first kappa shape index (κ1) is 13.7. The number of carboxylic acids is 1. The van der Waals surface area contributed by atoms with Gasteiger partial charge in [0.1, 0.15) is 5.82 Å². The molecule has 6 nitrogen and oxygen atoms in total. The predicted molar refractivity (Wildman–Crippen MR) is 76.0 cm³/mol. The fourth-order valence-corrected chi connectivity index (χ4v) is 3.20. The van der Waals surface area contributed by atoms with Crippen LogP contribution in [0.4, 0.5) is 0 Å². The fraction of sp³-hybridized carbons (Fsp3) is 0.286. The monoisotopic (exact) mass is 303 g/mol. The van der Waals surface area contributed by atoms with E-state index in [1.807, 2.05) is 0 Å². The lowest BCUT2D eigenvalue weighted by Gasteiger charge is -2.01. The first-order chi connectivity index (χ1) is 10.1. The van der Waals surface area contributed by atoms with Gasteiger partial charge in [-0.25, -0.2) is 9.97 Å². The Bertz CT molecular complexity index is 671. The molecule has 2 aromatic rings. The van der Waals surface area contributed by atoms with E-state index < -0.39 is 5.97 Å². The van der Waals surface area contributed by atoms with Crippen molar-refractivity contribution in [2.24, 2.45) is 5.92 Å². The summed E-state index contributed by atoms with van der Waals surface area (Å²) in [5.74, 6) is -0.642. The van der Waals surface area contributed by atoms with Gasteiger partial charge in [0.25, 0.3) is 5.91 Å². The van der Waals surface area contributed by atoms with Crippen molar-refractivity contribution in [1.82, 2.24) is 15.3 Å². The largest absolute Gasteiger partial charge is 0.481 e. The second kappa shape index (κ2) is 5.61. The van der Waals surface area contributed by atoms with Crippen LogP contribution in [0.2, 0.25) is 0 Å². The van der Waals surface area contributed by atoms with Crippen molar-refractivity contribution in [1.29, 1.82) is 0 Å². The van der Waals surface area contributed by atoms with E-state index in [4.69, 9.17) is 5.11 Å². The van der Waals surface area contributed by atoms with E-state index in [1.54, 1.807) is 29.9 Å². The first-order valence-corrected chi connectivity index (χ1v) is 7.38. The number of amides is 1. The van der Waals surface area contributed by atoms with Crippen molar-refractivity contribution >= 4 is 23.2 Å². The molecule has 1 aliphatic carbocycles. The number of carbonyl (C=O) groups excluding carboxylic acids is 1. The molecule has 1 amide bonds. The SMILES string of the molecule is O=C(NCc1ncccn1)c1csc(C2CC2C(=O)O)c1. The summed E-state index contributed by atoms with van der Waals surface area (Å²) in [5, 5.41) is 13.4. The van der Waals surface area contributed by atoms with E-state index in [1.165, 1.54) is 11.3 Å². The Morgan fingerprint density at radius 3 is 2.81 bits per heavy atom. The van der Waals surface area contributed by atoms with Gasteiger partial charge in [-0.2, -0.15) is 0 Å². The molecule has 108 valence electrons. The van der Waals surface area contributed by atoms with Gasteiger partial charge in [-0.05, 0) is 18.6 Å². The zero-order chi connectivity index (χ0) is 14.8. The highest BCUT2D eigenvalue weighted by Gasteiger charge is 2.45. The topological polar surface area (TPSA) is 92.2 Å². The summed E-state index contributed by atoms with van der Waals surface area (Å²) in [6.07, 6.45) is 3.90. The molecule has 0 aromatic carbocycles. The molecule has 7 heteroatoms. The van der Waals surface area contributed by atoms with E-state index in [2.05, 4.69) is 15.3 Å². The molecule has 2 heterocycles. The number of carboxylic acid groups (broad SMARTS) is 1. The van der Waals surface area contributed by atoms with Crippen LogP contribution in [-0.4, -0.2) is 27.0 Å². The highest BCUT2D eigenvalue weighted by molar-refractivity contribution is 7.10. The molecule has 0 spiro atoms. The molecule has 1 fully saturated rings. The van der Waals surface area contributed by atoms with Crippen molar-refractivity contribution in [3.63, 3.8) is 0 Å². The van der Waals surface area contributed by atoms with Crippen molar-refractivity contribution in [3.05, 3.63) is 46.2 Å². The Kier molecular flexibility index (Phi) is 3.66. The summed E-state index contributed by atoms with van der Waals surface area (Å²) < 4.78 is 0. The van der Waals surface area contributed by atoms with Gasteiger partial charge >= 0.3 is 5.97 Å². The van der Waals surface area contributed by atoms with E-state index in [-0.39, 0.29) is 24.3 Å². The van der Waals surface area contributed by atoms with E-state index in [9.17, 15) is 9.59 Å². The average molecular weight is 303 g/mol. The lowest BCUT2D eigenvalue weighted by atomic mass is 10.2. The third-order valence-corrected chi connectivity index (χ3v) is 4.45. The summed E-state index contributed by atoms with van der Waals surface area (Å²) in [6, 6.07) is 3.49. The molecular weight excluding hydrogens is 290 g/mol. The summed E-state index contributed by atoms with van der Waals surface area (Å²) >= 11 is 1.44. The number of aliphatic carboxylic acids is 1. The molecule has 0 aliphatic heterocycles. The van der Waals surface area contributed by atoms with E-state index in [0.29, 0.717) is 17.8 Å². The summed E-state index contributed by atoms with van der Waals surface area (Å²) in [7, 11) is 0. The summed E-state index contributed by atoms with van der Waals surface area (Å²) in [6.45, 7) is 0.270. The van der Waals surface area contributed by atoms with Crippen molar-refractivity contribution in [2.75, 3.05) is 0 Å². The van der Waals surface area contributed by atoms with Crippen LogP contribution in [0.3, 0.4) is 0 Å². The Balaban J connectivity index is 1.59. The lowest BCUT2D eigenvalue weighted by molar-refractivity contribution is -0.138. The minimum atomic E-state index is -0.763. The quantitative estimate of drug-likeness (QED) is 0.876. The number of thiophene rings is 1. The van der Waals surface area contributed by atoms with Crippen molar-refractivity contribution in [3.8, 4) is 0 Å². The molecule has 21 heavy (non-hydrogen) atoms. The maximum Gasteiger partial charge on any atom is 0.307 e. The maximum atomic E-state index is 12.0. The number of nitrogens with zero attached hydrogens (tertiary/aromatic N) is 2. The number of rotatable bonds is 5. The van der Waals surface area contributed by atoms with Crippen LogP contribution in [-0.2, 0) is 11.3 Å². The number of hydrogen-bond acceptors (Lipinski definition) is 5. The van der Waals surface area contributed by atoms with Gasteiger partial charge < -0.3 is 10.4 Å². The molecule has 2 unspecified atom stereocenters. The predicted octanol–water partition coefficient (Wildman–Crippen LogP) is 1.66. The van der Waals surface area contributed by atoms with Crippen LogP contribution >= 0.6 is 11.3 Å². The normalized spacial score (nSPS) is 20.0. The highest BCUT2D eigenvalue weighted by atomic mass is 32.1. The Morgan fingerprint density at radius 2 is 2.14 bits per heavy atom. The standard InChI is InChI=1S/C14H13N3O3S/c18-13(17-6-12-15-2-1-3-16-12)8-4-11(21-7-8)9-5-10(9)14(19)20/h1-4,7,9-10H,5-6H2,(H,17,18)(H,19,20). The zero-order valence-corrected chi connectivity index (χ0v) is 11.8. The molecule has 2 atom stereocenters. The maximum absolute atomic E-state index is 12.0. The molecule has 2 N–H and O–H groups in total. The lowest BCUT2D eigenvalue weighted by Crippen LogP contribution is -2.23. The third kappa shape index (κ3) is 3.08. The summed E-state index contributed by atoms with van der Waals surface area (Å²) in [4.78, 5) is 31.9. The molecule has 3 rings (SSSR count). The first-order valence-electron chi connectivity index (χ1n) is 6.50. The van der Waals surface area contributed by atoms with Crippen LogP contribution in [0.15, 0.2) is 29.9 Å². The van der Waals surface area contributed by atoms with Gasteiger partial charge in [-0.3, -0.25) is 9.59 Å². The smallest absolute Gasteiger partial charge is 0.307 e. The van der Waals surface area contributed by atoms with Gasteiger partial charge in [0, 0.05) is 28.6 Å². The minimum absolute atomic E-state index is 0.0616. The van der Waals surface area contributed by atoms with Crippen molar-refractivity contribution in [2.45, 2.75) is 18.9 Å². The number of nitrogens with one attached hydrogen (secondary N) is 1. The highest BCUT2D eigenvalue weighted by Crippen LogP contribution is 2.49.